The molecule has 3 N–H and O–H groups in total. The van der Waals surface area contributed by atoms with Crippen molar-refractivity contribution in [2.24, 2.45) is 5.92 Å². The molecule has 0 aromatic heterocycles. The number of carboxylic acid groups (broad SMARTS) is 1. The van der Waals surface area contributed by atoms with Gasteiger partial charge in [-0.3, -0.25) is 14.4 Å². The Balaban J connectivity index is 1.56. The Morgan fingerprint density at radius 2 is 1.54 bits per heavy atom. The predicted molar refractivity (Wildman–Crippen MR) is 169 cm³/mol. The van der Waals surface area contributed by atoms with Crippen LogP contribution in [0.5, 0.6) is 5.75 Å². The molecule has 0 spiro atoms. The van der Waals surface area contributed by atoms with Gasteiger partial charge >= 0.3 is 12.3 Å². The second-order valence-corrected chi connectivity index (χ2v) is 11.8. The summed E-state index contributed by atoms with van der Waals surface area (Å²) < 4.78 is 42.0. The van der Waals surface area contributed by atoms with Crippen LogP contribution in [0.1, 0.15) is 90.5 Å². The molecule has 0 radical (unpaired) electrons. The van der Waals surface area contributed by atoms with Crippen molar-refractivity contribution in [3.05, 3.63) is 107 Å². The van der Waals surface area contributed by atoms with E-state index in [1.165, 1.54) is 36.3 Å². The average Bonchev–Trinajstić information content (AvgIpc) is 3.02. The number of hydrogen-bond donors (Lipinski definition) is 3. The molecule has 4 rings (SSSR count). The molecule has 3 aromatic carbocycles. The normalized spacial score (nSPS) is 14.6. The van der Waals surface area contributed by atoms with Crippen LogP contribution in [0.3, 0.4) is 0 Å². The highest BCUT2D eigenvalue weighted by Gasteiger charge is 2.31. The number of carboxylic acids is 1. The third-order valence-corrected chi connectivity index (χ3v) is 8.01. The van der Waals surface area contributed by atoms with Crippen molar-refractivity contribution in [3.8, 4) is 5.75 Å². The van der Waals surface area contributed by atoms with E-state index in [1.54, 1.807) is 24.3 Å². The number of allylic oxidation sites excluding steroid dienone is 2. The van der Waals surface area contributed by atoms with Gasteiger partial charge in [0.2, 0.25) is 5.91 Å². The lowest BCUT2D eigenvalue weighted by molar-refractivity contribution is -0.274. The minimum atomic E-state index is -4.80. The van der Waals surface area contributed by atoms with Gasteiger partial charge in [-0.1, -0.05) is 68.5 Å². The Labute approximate surface area is 266 Å². The number of rotatable bonds is 13. The highest BCUT2D eigenvalue weighted by Crippen LogP contribution is 2.31. The quantitative estimate of drug-likeness (QED) is 0.179. The van der Waals surface area contributed by atoms with Crippen molar-refractivity contribution in [1.82, 2.24) is 10.6 Å². The molecular formula is C36H39F3N2O5. The highest BCUT2D eigenvalue weighted by atomic mass is 19.4. The van der Waals surface area contributed by atoms with E-state index in [2.05, 4.69) is 21.4 Å². The second kappa shape index (κ2) is 15.6. The average molecular weight is 637 g/mol. The minimum Gasteiger partial charge on any atom is -0.481 e. The van der Waals surface area contributed by atoms with E-state index < -0.39 is 24.3 Å². The number of aliphatic carboxylic acids is 1. The smallest absolute Gasteiger partial charge is 0.481 e. The Morgan fingerprint density at radius 3 is 2.11 bits per heavy atom. The summed E-state index contributed by atoms with van der Waals surface area (Å²) in [5, 5.41) is 14.5. The van der Waals surface area contributed by atoms with Gasteiger partial charge in [0.05, 0.1) is 18.4 Å². The van der Waals surface area contributed by atoms with E-state index in [1.807, 2.05) is 38.1 Å². The first-order valence-electron chi connectivity index (χ1n) is 15.4. The third kappa shape index (κ3) is 9.95. The van der Waals surface area contributed by atoms with Crippen LogP contribution in [-0.4, -0.2) is 35.8 Å². The second-order valence-electron chi connectivity index (χ2n) is 11.8. The van der Waals surface area contributed by atoms with Crippen LogP contribution >= 0.6 is 0 Å². The first-order valence-corrected chi connectivity index (χ1v) is 15.4. The summed E-state index contributed by atoms with van der Waals surface area (Å²) >= 11 is 0. The summed E-state index contributed by atoms with van der Waals surface area (Å²) in [6.07, 6.45) is 2.01. The zero-order valence-corrected chi connectivity index (χ0v) is 25.9. The summed E-state index contributed by atoms with van der Waals surface area (Å²) in [7, 11) is 0. The van der Waals surface area contributed by atoms with Crippen molar-refractivity contribution >= 4 is 23.4 Å². The van der Waals surface area contributed by atoms with Crippen molar-refractivity contribution in [2.75, 3.05) is 6.54 Å². The number of nitrogens with one attached hydrogen (secondary N) is 2. The summed E-state index contributed by atoms with van der Waals surface area (Å²) in [6, 6.07) is 19.9. The molecule has 7 nitrogen and oxygen atoms in total. The van der Waals surface area contributed by atoms with Gasteiger partial charge in [0, 0.05) is 12.1 Å². The predicted octanol–water partition coefficient (Wildman–Crippen LogP) is 7.59. The van der Waals surface area contributed by atoms with Crippen LogP contribution in [0, 0.1) is 5.92 Å². The first kappa shape index (κ1) is 34.3. The molecule has 0 fully saturated rings. The first-order chi connectivity index (χ1) is 21.9. The largest absolute Gasteiger partial charge is 0.573 e. The van der Waals surface area contributed by atoms with Crippen molar-refractivity contribution in [3.63, 3.8) is 0 Å². The summed E-state index contributed by atoms with van der Waals surface area (Å²) in [5.74, 6) is -2.64. The van der Waals surface area contributed by atoms with E-state index in [0.717, 1.165) is 36.0 Å². The summed E-state index contributed by atoms with van der Waals surface area (Å²) in [4.78, 5) is 37.2. The van der Waals surface area contributed by atoms with Gasteiger partial charge in [-0.2, -0.15) is 0 Å². The number of ether oxygens (including phenoxy) is 1. The molecule has 0 bridgehead atoms. The SMILES string of the molecule is CC(C)C(NC(=O)C(Cc1ccc(C(=O)NCCC(=O)O)cc1)c1ccc(C2=CCCCC2)cc1)c1ccc(OC(F)(F)F)cc1. The number of benzene rings is 3. The number of amides is 2. The molecule has 0 aliphatic heterocycles. The standard InChI is InChI=1S/C36H39F3N2O5/c1-23(2)33(28-16-18-30(19-17-28)46-36(37,38)39)41-35(45)31(27-14-12-26(13-15-27)25-6-4-3-5-7-25)22-24-8-10-29(11-9-24)34(44)40-21-20-32(42)43/h6,8-19,23,31,33H,3-5,7,20-22H2,1-2H3,(H,40,44)(H,41,45)(H,42,43). The Bertz CT molecular complexity index is 1520. The maximum Gasteiger partial charge on any atom is 0.573 e. The van der Waals surface area contributed by atoms with Crippen molar-refractivity contribution < 1.29 is 37.4 Å². The highest BCUT2D eigenvalue weighted by molar-refractivity contribution is 5.94. The molecule has 0 saturated heterocycles. The van der Waals surface area contributed by atoms with Gasteiger partial charge < -0.3 is 20.5 Å². The molecular weight excluding hydrogens is 597 g/mol. The zero-order chi connectivity index (χ0) is 33.3. The molecule has 1 aliphatic carbocycles. The van der Waals surface area contributed by atoms with Gasteiger partial charge in [0.1, 0.15) is 5.75 Å². The van der Waals surface area contributed by atoms with Crippen molar-refractivity contribution in [1.29, 1.82) is 0 Å². The van der Waals surface area contributed by atoms with Crippen LogP contribution in [0.4, 0.5) is 13.2 Å². The van der Waals surface area contributed by atoms with E-state index in [0.29, 0.717) is 17.5 Å². The Hall–Kier alpha value is -4.60. The minimum absolute atomic E-state index is 0.0140. The lowest BCUT2D eigenvalue weighted by atomic mass is 9.87. The summed E-state index contributed by atoms with van der Waals surface area (Å²) in [6.45, 7) is 3.86. The van der Waals surface area contributed by atoms with E-state index in [4.69, 9.17) is 5.11 Å². The monoisotopic (exact) mass is 636 g/mol. The van der Waals surface area contributed by atoms with Gasteiger partial charge in [-0.05, 0) is 90.1 Å². The van der Waals surface area contributed by atoms with E-state index in [-0.39, 0.29) is 36.4 Å². The number of halogens is 3. The van der Waals surface area contributed by atoms with Crippen LogP contribution in [0.2, 0.25) is 0 Å². The number of hydrogen-bond acceptors (Lipinski definition) is 4. The Kier molecular flexibility index (Phi) is 11.6. The van der Waals surface area contributed by atoms with Crippen LogP contribution < -0.4 is 15.4 Å². The number of carbonyl (C=O) groups excluding carboxylic acids is 2. The molecule has 10 heteroatoms. The maximum atomic E-state index is 14.0. The molecule has 244 valence electrons. The molecule has 2 atom stereocenters. The van der Waals surface area contributed by atoms with Crippen LogP contribution in [-0.2, 0) is 16.0 Å². The van der Waals surface area contributed by atoms with Gasteiger partial charge in [-0.15, -0.1) is 13.2 Å². The molecule has 2 unspecified atom stereocenters. The van der Waals surface area contributed by atoms with E-state index in [9.17, 15) is 27.6 Å². The van der Waals surface area contributed by atoms with Crippen molar-refractivity contribution in [2.45, 2.75) is 70.7 Å². The molecule has 46 heavy (non-hydrogen) atoms. The van der Waals surface area contributed by atoms with Gasteiger partial charge in [0.25, 0.3) is 5.91 Å². The van der Waals surface area contributed by atoms with E-state index >= 15 is 0 Å². The number of alkyl halides is 3. The lowest BCUT2D eigenvalue weighted by Gasteiger charge is -2.27. The van der Waals surface area contributed by atoms with Gasteiger partial charge in [0.15, 0.2) is 0 Å². The molecule has 2 amide bonds. The maximum absolute atomic E-state index is 14.0. The fourth-order valence-corrected chi connectivity index (χ4v) is 5.57. The van der Waals surface area contributed by atoms with Gasteiger partial charge in [-0.25, -0.2) is 0 Å². The molecule has 0 heterocycles. The fraction of sp³-hybridized carbons (Fsp3) is 0.361. The van der Waals surface area contributed by atoms with Crippen LogP contribution in [0.15, 0.2) is 78.9 Å². The fourth-order valence-electron chi connectivity index (χ4n) is 5.57. The molecule has 3 aromatic rings. The molecule has 0 saturated carbocycles. The molecule has 1 aliphatic rings. The lowest BCUT2D eigenvalue weighted by Crippen LogP contribution is -2.36. The topological polar surface area (TPSA) is 105 Å². The Morgan fingerprint density at radius 1 is 0.891 bits per heavy atom. The number of carbonyl (C=O) groups is 3. The zero-order valence-electron chi connectivity index (χ0n) is 25.9. The summed E-state index contributed by atoms with van der Waals surface area (Å²) in [5.41, 5.74) is 5.07. The third-order valence-electron chi connectivity index (χ3n) is 8.01. The van der Waals surface area contributed by atoms with Crippen LogP contribution in [0.25, 0.3) is 5.57 Å².